The van der Waals surface area contributed by atoms with Crippen LogP contribution in [0.4, 0.5) is 0 Å². The van der Waals surface area contributed by atoms with Crippen LogP contribution in [0.3, 0.4) is 0 Å². The second-order valence-electron chi connectivity index (χ2n) is 4.27. The van der Waals surface area contributed by atoms with Gasteiger partial charge in [-0.1, -0.05) is 19.3 Å². The van der Waals surface area contributed by atoms with Gasteiger partial charge in [-0.05, 0) is 25.0 Å². The first-order valence-electron chi connectivity index (χ1n) is 5.75. The number of nitrogens with zero attached hydrogens (tertiary/aromatic N) is 2. The Balaban J connectivity index is 2.41. The van der Waals surface area contributed by atoms with Gasteiger partial charge in [0.25, 0.3) is 0 Å². The SMILES string of the molecule is N#Cc1ncccc1S(=O)(=O)C1CCCCC1. The lowest BCUT2D eigenvalue weighted by atomic mass is 10.0. The van der Waals surface area contributed by atoms with Crippen LogP contribution in [0.1, 0.15) is 37.8 Å². The Hall–Kier alpha value is -1.41. The van der Waals surface area contributed by atoms with Crippen LogP contribution in [0.15, 0.2) is 23.2 Å². The topological polar surface area (TPSA) is 70.8 Å². The average Bonchev–Trinajstić information content (AvgIpc) is 2.39. The van der Waals surface area contributed by atoms with Crippen LogP contribution in [0.5, 0.6) is 0 Å². The van der Waals surface area contributed by atoms with Gasteiger partial charge in [0, 0.05) is 6.20 Å². The predicted molar refractivity (Wildman–Crippen MR) is 63.0 cm³/mol. The minimum atomic E-state index is -3.39. The van der Waals surface area contributed by atoms with E-state index in [-0.39, 0.29) is 15.8 Å². The minimum Gasteiger partial charge on any atom is -0.244 e. The highest BCUT2D eigenvalue weighted by molar-refractivity contribution is 7.92. The van der Waals surface area contributed by atoms with E-state index in [0.717, 1.165) is 19.3 Å². The first-order chi connectivity index (χ1) is 8.16. The van der Waals surface area contributed by atoms with Crippen molar-refractivity contribution in [2.75, 3.05) is 0 Å². The Morgan fingerprint density at radius 1 is 1.29 bits per heavy atom. The molecule has 0 saturated heterocycles. The Bertz CT molecular complexity index is 540. The Labute approximate surface area is 101 Å². The molecule has 1 saturated carbocycles. The molecule has 1 aromatic rings. The molecule has 0 atom stereocenters. The maximum absolute atomic E-state index is 12.4. The van der Waals surface area contributed by atoms with Gasteiger partial charge in [-0.2, -0.15) is 5.26 Å². The fraction of sp³-hybridized carbons (Fsp3) is 0.500. The summed E-state index contributed by atoms with van der Waals surface area (Å²) >= 11 is 0. The van der Waals surface area contributed by atoms with E-state index in [1.807, 2.05) is 6.07 Å². The van der Waals surface area contributed by atoms with E-state index in [2.05, 4.69) is 4.98 Å². The minimum absolute atomic E-state index is 0.0121. The van der Waals surface area contributed by atoms with Gasteiger partial charge in [0.2, 0.25) is 0 Å². The van der Waals surface area contributed by atoms with E-state index in [0.29, 0.717) is 12.8 Å². The summed E-state index contributed by atoms with van der Waals surface area (Å²) in [6, 6.07) is 4.90. The normalized spacial score (nSPS) is 17.6. The van der Waals surface area contributed by atoms with E-state index in [1.54, 1.807) is 6.07 Å². The van der Waals surface area contributed by atoms with Crippen molar-refractivity contribution in [1.82, 2.24) is 4.98 Å². The maximum atomic E-state index is 12.4. The van der Waals surface area contributed by atoms with Crippen molar-refractivity contribution in [2.45, 2.75) is 42.2 Å². The molecule has 1 aliphatic carbocycles. The first-order valence-corrected chi connectivity index (χ1v) is 7.30. The summed E-state index contributed by atoms with van der Waals surface area (Å²) in [6.07, 6.45) is 5.84. The maximum Gasteiger partial charge on any atom is 0.184 e. The molecule has 0 unspecified atom stereocenters. The summed E-state index contributed by atoms with van der Waals surface area (Å²) in [5.41, 5.74) is 0.0121. The van der Waals surface area contributed by atoms with Gasteiger partial charge >= 0.3 is 0 Å². The van der Waals surface area contributed by atoms with Crippen molar-refractivity contribution in [3.05, 3.63) is 24.0 Å². The Morgan fingerprint density at radius 2 is 2.00 bits per heavy atom. The van der Waals surface area contributed by atoms with E-state index in [4.69, 9.17) is 5.26 Å². The molecule has 5 heteroatoms. The zero-order valence-electron chi connectivity index (χ0n) is 9.46. The zero-order valence-corrected chi connectivity index (χ0v) is 10.3. The highest BCUT2D eigenvalue weighted by Gasteiger charge is 2.31. The van der Waals surface area contributed by atoms with Crippen molar-refractivity contribution in [3.8, 4) is 6.07 Å². The molecule has 2 rings (SSSR count). The van der Waals surface area contributed by atoms with Crippen molar-refractivity contribution < 1.29 is 8.42 Å². The molecule has 0 amide bonds. The Morgan fingerprint density at radius 3 is 2.65 bits per heavy atom. The fourth-order valence-electron chi connectivity index (χ4n) is 2.26. The molecule has 0 N–H and O–H groups in total. The summed E-state index contributed by atoms with van der Waals surface area (Å²) in [4.78, 5) is 3.91. The summed E-state index contributed by atoms with van der Waals surface area (Å²) in [6.45, 7) is 0. The molecule has 4 nitrogen and oxygen atoms in total. The number of aromatic nitrogens is 1. The Kier molecular flexibility index (Phi) is 3.43. The third-order valence-electron chi connectivity index (χ3n) is 3.17. The summed E-state index contributed by atoms with van der Waals surface area (Å²) in [5, 5.41) is 8.56. The second-order valence-corrected chi connectivity index (χ2v) is 6.46. The van der Waals surface area contributed by atoms with Gasteiger partial charge in [0.15, 0.2) is 15.5 Å². The highest BCUT2D eigenvalue weighted by atomic mass is 32.2. The van der Waals surface area contributed by atoms with Crippen molar-refractivity contribution >= 4 is 9.84 Å². The van der Waals surface area contributed by atoms with Gasteiger partial charge in [-0.15, -0.1) is 0 Å². The van der Waals surface area contributed by atoms with E-state index in [9.17, 15) is 8.42 Å². The standard InChI is InChI=1S/C12H14N2O2S/c13-9-11-12(7-4-8-14-11)17(15,16)10-5-2-1-3-6-10/h4,7-8,10H,1-3,5-6H2. The molecule has 17 heavy (non-hydrogen) atoms. The third kappa shape index (κ3) is 2.32. The van der Waals surface area contributed by atoms with Crippen LogP contribution in [0.25, 0.3) is 0 Å². The number of hydrogen-bond acceptors (Lipinski definition) is 4. The molecule has 90 valence electrons. The molecule has 1 fully saturated rings. The quantitative estimate of drug-likeness (QED) is 0.805. The van der Waals surface area contributed by atoms with Crippen LogP contribution in [0.2, 0.25) is 0 Å². The molecule has 0 spiro atoms. The zero-order chi connectivity index (χ0) is 12.3. The number of sulfone groups is 1. The summed E-state index contributed by atoms with van der Waals surface area (Å²) in [7, 11) is -3.39. The number of rotatable bonds is 2. The fourth-order valence-corrected chi connectivity index (χ4v) is 4.21. The molecule has 0 radical (unpaired) electrons. The van der Waals surface area contributed by atoms with Crippen molar-refractivity contribution in [3.63, 3.8) is 0 Å². The van der Waals surface area contributed by atoms with Gasteiger partial charge < -0.3 is 0 Å². The van der Waals surface area contributed by atoms with E-state index < -0.39 is 9.84 Å². The van der Waals surface area contributed by atoms with Crippen LogP contribution in [-0.2, 0) is 9.84 Å². The summed E-state index contributed by atoms with van der Waals surface area (Å²) in [5.74, 6) is 0. The number of pyridine rings is 1. The van der Waals surface area contributed by atoms with Gasteiger partial charge in [-0.25, -0.2) is 13.4 Å². The average molecular weight is 250 g/mol. The molecule has 0 aliphatic heterocycles. The lowest BCUT2D eigenvalue weighted by Crippen LogP contribution is -2.25. The number of nitriles is 1. The van der Waals surface area contributed by atoms with Crippen LogP contribution >= 0.6 is 0 Å². The molecule has 1 heterocycles. The molecular weight excluding hydrogens is 236 g/mol. The lowest BCUT2D eigenvalue weighted by molar-refractivity contribution is 0.483. The van der Waals surface area contributed by atoms with Crippen LogP contribution in [0, 0.1) is 11.3 Å². The molecule has 0 bridgehead atoms. The van der Waals surface area contributed by atoms with E-state index >= 15 is 0 Å². The monoisotopic (exact) mass is 250 g/mol. The smallest absolute Gasteiger partial charge is 0.184 e. The molecular formula is C12H14N2O2S. The van der Waals surface area contributed by atoms with Gasteiger partial charge in [-0.3, -0.25) is 0 Å². The first kappa shape index (κ1) is 12.1. The van der Waals surface area contributed by atoms with Crippen molar-refractivity contribution in [2.24, 2.45) is 0 Å². The number of hydrogen-bond donors (Lipinski definition) is 0. The predicted octanol–water partition coefficient (Wildman–Crippen LogP) is 2.06. The highest BCUT2D eigenvalue weighted by Crippen LogP contribution is 2.29. The molecule has 0 aromatic carbocycles. The van der Waals surface area contributed by atoms with E-state index in [1.165, 1.54) is 12.3 Å². The van der Waals surface area contributed by atoms with Gasteiger partial charge in [0.05, 0.1) is 5.25 Å². The van der Waals surface area contributed by atoms with Crippen LogP contribution < -0.4 is 0 Å². The van der Waals surface area contributed by atoms with Crippen LogP contribution in [-0.4, -0.2) is 18.7 Å². The third-order valence-corrected chi connectivity index (χ3v) is 5.47. The lowest BCUT2D eigenvalue weighted by Gasteiger charge is -2.21. The molecule has 1 aromatic heterocycles. The van der Waals surface area contributed by atoms with Crippen molar-refractivity contribution in [1.29, 1.82) is 5.26 Å². The summed E-state index contributed by atoms with van der Waals surface area (Å²) < 4.78 is 24.8. The molecule has 1 aliphatic rings. The second kappa shape index (κ2) is 4.84. The largest absolute Gasteiger partial charge is 0.244 e. The van der Waals surface area contributed by atoms with Gasteiger partial charge in [0.1, 0.15) is 11.0 Å².